The van der Waals surface area contributed by atoms with Gasteiger partial charge in [0.15, 0.2) is 0 Å². The summed E-state index contributed by atoms with van der Waals surface area (Å²) in [7, 11) is 0. The molecule has 0 bridgehead atoms. The molecular formula is C22H43FO5. The van der Waals surface area contributed by atoms with Crippen molar-refractivity contribution in [1.82, 2.24) is 0 Å². The number of aliphatic hydroxyl groups excluding tert-OH is 1. The summed E-state index contributed by atoms with van der Waals surface area (Å²) < 4.78 is 23.3. The van der Waals surface area contributed by atoms with Gasteiger partial charge >= 0.3 is 11.9 Å². The Morgan fingerprint density at radius 3 is 1.46 bits per heavy atom. The molecule has 0 aromatic carbocycles. The van der Waals surface area contributed by atoms with E-state index in [1.807, 2.05) is 48.5 Å². The largest absolute Gasteiger partial charge is 0.460 e. The molecule has 0 aliphatic heterocycles. The highest BCUT2D eigenvalue weighted by molar-refractivity contribution is 5.70. The van der Waals surface area contributed by atoms with Crippen molar-refractivity contribution in [1.29, 1.82) is 0 Å². The maximum absolute atomic E-state index is 13.2. The van der Waals surface area contributed by atoms with Crippen molar-refractivity contribution in [3.05, 3.63) is 0 Å². The summed E-state index contributed by atoms with van der Waals surface area (Å²) >= 11 is 0. The molecule has 0 saturated heterocycles. The second-order valence-corrected chi connectivity index (χ2v) is 10.1. The first kappa shape index (κ1) is 29.0. The third-order valence-corrected chi connectivity index (χ3v) is 3.10. The van der Waals surface area contributed by atoms with Crippen molar-refractivity contribution in [3.63, 3.8) is 0 Å². The summed E-state index contributed by atoms with van der Waals surface area (Å²) in [5.74, 6) is -0.115. The monoisotopic (exact) mass is 406 g/mol. The summed E-state index contributed by atoms with van der Waals surface area (Å²) in [5, 5.41) is 9.49. The van der Waals surface area contributed by atoms with Gasteiger partial charge in [0.1, 0.15) is 17.4 Å². The van der Waals surface area contributed by atoms with E-state index in [4.69, 9.17) is 9.47 Å². The highest BCUT2D eigenvalue weighted by Gasteiger charge is 2.21. The fraction of sp³-hybridized carbons (Fsp3) is 0.909. The summed E-state index contributed by atoms with van der Waals surface area (Å²) in [4.78, 5) is 22.5. The molecule has 6 heteroatoms. The molecule has 2 atom stereocenters. The van der Waals surface area contributed by atoms with Gasteiger partial charge in [-0.05, 0) is 66.2 Å². The number of carbonyl (C=O) groups is 2. The second-order valence-electron chi connectivity index (χ2n) is 10.1. The zero-order valence-corrected chi connectivity index (χ0v) is 19.6. The number of hydrogen-bond donors (Lipinski definition) is 1. The highest BCUT2D eigenvalue weighted by atomic mass is 19.1. The first-order valence-corrected chi connectivity index (χ1v) is 10.2. The molecule has 2 unspecified atom stereocenters. The van der Waals surface area contributed by atoms with Crippen LogP contribution >= 0.6 is 0 Å². The maximum atomic E-state index is 13.2. The van der Waals surface area contributed by atoms with Crippen LogP contribution in [0.1, 0.15) is 94.9 Å². The Hall–Kier alpha value is -1.17. The van der Waals surface area contributed by atoms with Crippen LogP contribution in [0.5, 0.6) is 0 Å². The minimum atomic E-state index is -1.08. The van der Waals surface area contributed by atoms with Crippen molar-refractivity contribution in [2.24, 2.45) is 11.8 Å². The fourth-order valence-electron chi connectivity index (χ4n) is 2.36. The van der Waals surface area contributed by atoms with E-state index in [0.717, 1.165) is 0 Å². The van der Waals surface area contributed by atoms with E-state index in [9.17, 15) is 19.1 Å². The lowest BCUT2D eigenvalue weighted by Crippen LogP contribution is -2.26. The average Bonchev–Trinajstić information content (AvgIpc) is 2.30. The Morgan fingerprint density at radius 2 is 1.14 bits per heavy atom. The molecule has 0 aliphatic rings. The zero-order valence-electron chi connectivity index (χ0n) is 19.6. The number of carbonyl (C=O) groups excluding carboxylic acids is 2. The Morgan fingerprint density at radius 1 is 0.786 bits per heavy atom. The first-order valence-electron chi connectivity index (χ1n) is 10.2. The van der Waals surface area contributed by atoms with Gasteiger partial charge in [-0.1, -0.05) is 27.7 Å². The molecule has 0 radical (unpaired) electrons. The third kappa shape index (κ3) is 22.9. The van der Waals surface area contributed by atoms with Gasteiger partial charge in [-0.3, -0.25) is 9.59 Å². The van der Waals surface area contributed by atoms with Crippen molar-refractivity contribution < 1.29 is 28.6 Å². The van der Waals surface area contributed by atoms with Crippen LogP contribution in [0, 0.1) is 11.8 Å². The number of ether oxygens (including phenoxy) is 2. The number of rotatable bonds is 8. The van der Waals surface area contributed by atoms with E-state index in [-0.39, 0.29) is 24.7 Å². The topological polar surface area (TPSA) is 72.8 Å². The summed E-state index contributed by atoms with van der Waals surface area (Å²) in [6.45, 7) is 18.7. The van der Waals surface area contributed by atoms with Gasteiger partial charge < -0.3 is 14.6 Å². The predicted octanol–water partition coefficient (Wildman–Crippen LogP) is 5.23. The van der Waals surface area contributed by atoms with E-state index in [2.05, 4.69) is 0 Å². The van der Waals surface area contributed by atoms with Crippen LogP contribution in [0.3, 0.4) is 0 Å². The molecule has 0 rings (SSSR count). The van der Waals surface area contributed by atoms with Gasteiger partial charge in [0.25, 0.3) is 0 Å². The van der Waals surface area contributed by atoms with Crippen LogP contribution in [-0.2, 0) is 19.1 Å². The highest BCUT2D eigenvalue weighted by Crippen LogP contribution is 2.15. The Kier molecular flexibility index (Phi) is 13.6. The van der Waals surface area contributed by atoms with Gasteiger partial charge in [-0.2, -0.15) is 0 Å². The number of halogens is 1. The molecule has 1 N–H and O–H groups in total. The van der Waals surface area contributed by atoms with Gasteiger partial charge in [-0.25, -0.2) is 4.39 Å². The number of hydrogen-bond acceptors (Lipinski definition) is 5. The third-order valence-electron chi connectivity index (χ3n) is 3.10. The molecule has 0 fully saturated rings. The van der Waals surface area contributed by atoms with Crippen molar-refractivity contribution in [3.8, 4) is 0 Å². The van der Waals surface area contributed by atoms with E-state index in [1.54, 1.807) is 20.8 Å². The molecule has 168 valence electrons. The zero-order chi connectivity index (χ0) is 22.7. The molecule has 0 saturated carbocycles. The summed E-state index contributed by atoms with van der Waals surface area (Å²) in [5.41, 5.74) is -0.983. The molecular weight excluding hydrogens is 363 g/mol. The van der Waals surface area contributed by atoms with Crippen molar-refractivity contribution >= 4 is 11.9 Å². The second kappa shape index (κ2) is 13.1. The van der Waals surface area contributed by atoms with Gasteiger partial charge in [0.05, 0.1) is 18.9 Å². The van der Waals surface area contributed by atoms with E-state index in [0.29, 0.717) is 18.8 Å². The van der Waals surface area contributed by atoms with Gasteiger partial charge in [0.2, 0.25) is 0 Å². The fourth-order valence-corrected chi connectivity index (χ4v) is 2.36. The number of aliphatic hydroxyl groups is 1. The van der Waals surface area contributed by atoms with E-state index < -0.39 is 29.4 Å². The molecule has 0 aliphatic carbocycles. The lowest BCUT2D eigenvalue weighted by Gasteiger charge is -2.21. The lowest BCUT2D eigenvalue weighted by atomic mass is 10.0. The summed E-state index contributed by atoms with van der Waals surface area (Å²) in [6.07, 6.45) is -0.640. The minimum absolute atomic E-state index is 0.0927. The Bertz CT molecular complexity index is 405. The molecule has 28 heavy (non-hydrogen) atoms. The van der Waals surface area contributed by atoms with Crippen molar-refractivity contribution in [2.45, 2.75) is 118 Å². The van der Waals surface area contributed by atoms with Crippen LogP contribution < -0.4 is 0 Å². The Balaban J connectivity index is 0. The van der Waals surface area contributed by atoms with Crippen LogP contribution in [0.4, 0.5) is 4.39 Å². The average molecular weight is 407 g/mol. The molecule has 0 spiro atoms. The van der Waals surface area contributed by atoms with Gasteiger partial charge in [0, 0.05) is 0 Å². The quantitative estimate of drug-likeness (QED) is 0.559. The smallest absolute Gasteiger partial charge is 0.309 e. The van der Waals surface area contributed by atoms with E-state index >= 15 is 0 Å². The maximum Gasteiger partial charge on any atom is 0.309 e. The number of alkyl halides is 1. The standard InChI is InChI=1S/C11H21FO2.C11H22O3/c2*1-8(2)6-9(12)7-10(13)14-11(3,4)5/h8-9H,6-7H2,1-5H3;8-9,12H,6-7H2,1-5H3. The van der Waals surface area contributed by atoms with E-state index in [1.165, 1.54) is 0 Å². The van der Waals surface area contributed by atoms with Crippen molar-refractivity contribution in [2.75, 3.05) is 0 Å². The summed E-state index contributed by atoms with van der Waals surface area (Å²) in [6, 6.07) is 0. The normalized spacial score (nSPS) is 14.2. The Labute approximate surface area is 171 Å². The first-order chi connectivity index (χ1) is 12.4. The van der Waals surface area contributed by atoms with Crippen LogP contribution in [0.25, 0.3) is 0 Å². The SMILES string of the molecule is CC(C)CC(F)CC(=O)OC(C)(C)C.CC(C)CC(O)CC(=O)OC(C)(C)C. The van der Waals surface area contributed by atoms with Crippen LogP contribution in [-0.4, -0.2) is 40.5 Å². The van der Waals surface area contributed by atoms with Gasteiger partial charge in [-0.15, -0.1) is 0 Å². The molecule has 0 aromatic heterocycles. The molecule has 5 nitrogen and oxygen atoms in total. The predicted molar refractivity (Wildman–Crippen MR) is 111 cm³/mol. The molecule has 0 amide bonds. The molecule has 0 aromatic rings. The van der Waals surface area contributed by atoms with Crippen LogP contribution in [0.15, 0.2) is 0 Å². The lowest BCUT2D eigenvalue weighted by molar-refractivity contribution is -0.158. The minimum Gasteiger partial charge on any atom is -0.460 e. The number of esters is 2. The van der Waals surface area contributed by atoms with Crippen LogP contribution in [0.2, 0.25) is 0 Å². The molecule has 0 heterocycles.